The van der Waals surface area contributed by atoms with Crippen molar-refractivity contribution in [1.82, 2.24) is 14.5 Å². The zero-order valence-electron chi connectivity index (χ0n) is 19.7. The van der Waals surface area contributed by atoms with Crippen molar-refractivity contribution >= 4 is 11.9 Å². The maximum absolute atomic E-state index is 13.3. The Bertz CT molecular complexity index is 1240. The van der Waals surface area contributed by atoms with Gasteiger partial charge in [0.1, 0.15) is 17.9 Å². The van der Waals surface area contributed by atoms with E-state index in [0.717, 1.165) is 11.1 Å². The molecule has 1 aliphatic heterocycles. The highest BCUT2D eigenvalue weighted by Gasteiger charge is 2.30. The van der Waals surface area contributed by atoms with E-state index in [1.807, 2.05) is 30.3 Å². The third kappa shape index (κ3) is 5.25. The van der Waals surface area contributed by atoms with E-state index in [2.05, 4.69) is 4.98 Å². The third-order valence-corrected chi connectivity index (χ3v) is 6.00. The molecule has 0 bridgehead atoms. The number of esters is 1. The van der Waals surface area contributed by atoms with Crippen molar-refractivity contribution in [1.29, 1.82) is 0 Å². The van der Waals surface area contributed by atoms with E-state index >= 15 is 0 Å². The Morgan fingerprint density at radius 3 is 2.46 bits per heavy atom. The second kappa shape index (κ2) is 11.0. The lowest BCUT2D eigenvalue weighted by Gasteiger charge is -2.25. The summed E-state index contributed by atoms with van der Waals surface area (Å²) in [4.78, 5) is 44.7. The van der Waals surface area contributed by atoms with Gasteiger partial charge in [-0.05, 0) is 23.3 Å². The largest absolute Gasteiger partial charge is 0.488 e. The molecule has 3 heterocycles. The lowest BCUT2D eigenvalue weighted by atomic mass is 10.1. The first kappa shape index (κ1) is 24.2. The third-order valence-electron chi connectivity index (χ3n) is 6.00. The minimum absolute atomic E-state index is 0.156. The van der Waals surface area contributed by atoms with Gasteiger partial charge in [-0.3, -0.25) is 14.6 Å². The van der Waals surface area contributed by atoms with Crippen LogP contribution in [0.2, 0.25) is 0 Å². The van der Waals surface area contributed by atoms with E-state index in [4.69, 9.17) is 14.2 Å². The van der Waals surface area contributed by atoms with Crippen molar-refractivity contribution in [3.63, 3.8) is 0 Å². The van der Waals surface area contributed by atoms with Crippen LogP contribution in [0.4, 0.5) is 0 Å². The Kier molecular flexibility index (Phi) is 7.57. The number of hydrogen-bond acceptors (Lipinski definition) is 7. The fourth-order valence-corrected chi connectivity index (χ4v) is 4.22. The molecule has 0 unspecified atom stereocenters. The smallest absolute Gasteiger partial charge is 0.343 e. The molecule has 1 amide bonds. The maximum Gasteiger partial charge on any atom is 0.343 e. The number of amides is 1. The molecule has 9 nitrogen and oxygen atoms in total. The maximum atomic E-state index is 13.3. The summed E-state index contributed by atoms with van der Waals surface area (Å²) in [5, 5.41) is 0. The lowest BCUT2D eigenvalue weighted by Crippen LogP contribution is -2.38. The number of hydrogen-bond donors (Lipinski definition) is 0. The van der Waals surface area contributed by atoms with E-state index in [9.17, 15) is 14.4 Å². The van der Waals surface area contributed by atoms with Crippen LogP contribution in [0.25, 0.3) is 0 Å². The number of ether oxygens (including phenoxy) is 3. The zero-order valence-corrected chi connectivity index (χ0v) is 19.7. The lowest BCUT2D eigenvalue weighted by molar-refractivity contribution is -0.142. The first-order valence-corrected chi connectivity index (χ1v) is 11.3. The summed E-state index contributed by atoms with van der Waals surface area (Å²) >= 11 is 0. The normalized spacial score (nSPS) is 13.9. The van der Waals surface area contributed by atoms with Crippen LogP contribution in [-0.4, -0.2) is 53.6 Å². The van der Waals surface area contributed by atoms with Crippen LogP contribution in [0.5, 0.6) is 5.75 Å². The number of benzene rings is 1. The fourth-order valence-electron chi connectivity index (χ4n) is 4.22. The second-order valence-electron chi connectivity index (χ2n) is 8.06. The molecule has 0 saturated heterocycles. The van der Waals surface area contributed by atoms with Gasteiger partial charge in [-0.15, -0.1) is 0 Å². The van der Waals surface area contributed by atoms with Gasteiger partial charge in [-0.25, -0.2) is 4.79 Å². The molecule has 1 aromatic carbocycles. The van der Waals surface area contributed by atoms with Gasteiger partial charge in [0.15, 0.2) is 6.10 Å². The minimum Gasteiger partial charge on any atom is -0.488 e. The summed E-state index contributed by atoms with van der Waals surface area (Å²) in [5.41, 5.74) is 1.97. The van der Waals surface area contributed by atoms with Crippen molar-refractivity contribution in [2.75, 3.05) is 27.3 Å². The number of nitrogens with zero attached hydrogens (tertiary/aromatic N) is 3. The predicted molar refractivity (Wildman–Crippen MR) is 127 cm³/mol. The molecule has 0 spiro atoms. The number of fused-ring (bicyclic) bond motifs is 1. The molecular weight excluding hydrogens is 450 g/mol. The van der Waals surface area contributed by atoms with Gasteiger partial charge < -0.3 is 23.7 Å². The molecule has 1 atom stereocenters. The van der Waals surface area contributed by atoms with Crippen LogP contribution < -0.4 is 10.3 Å². The average molecular weight is 478 g/mol. The summed E-state index contributed by atoms with van der Waals surface area (Å²) in [6.07, 6.45) is 2.80. The highest BCUT2D eigenvalue weighted by Crippen LogP contribution is 2.26. The first-order valence-electron chi connectivity index (χ1n) is 11.3. The molecule has 0 radical (unpaired) electrons. The summed E-state index contributed by atoms with van der Waals surface area (Å²) in [6, 6.07) is 14.1. The van der Waals surface area contributed by atoms with Crippen molar-refractivity contribution in [3.05, 3.63) is 93.7 Å². The average Bonchev–Trinajstić information content (AvgIpc) is 3.12. The molecule has 4 rings (SSSR count). The molecule has 0 saturated carbocycles. The van der Waals surface area contributed by atoms with Gasteiger partial charge in [0, 0.05) is 57.3 Å². The van der Waals surface area contributed by atoms with Crippen LogP contribution in [0.3, 0.4) is 0 Å². The van der Waals surface area contributed by atoms with Gasteiger partial charge in [0.2, 0.25) is 0 Å². The Hall–Kier alpha value is -3.98. The molecule has 0 fully saturated rings. The van der Waals surface area contributed by atoms with Crippen LogP contribution in [0.15, 0.2) is 65.7 Å². The van der Waals surface area contributed by atoms with E-state index in [1.165, 1.54) is 24.9 Å². The fraction of sp³-hybridized carbons (Fsp3) is 0.308. The molecule has 0 aliphatic carbocycles. The SMILES string of the molecule is COC(=O)c1c(OCc2ccncc2)cc(=O)n2c1CCN(C(=O)[C@H](OC)c1ccccc1)CC2. The van der Waals surface area contributed by atoms with E-state index < -0.39 is 12.1 Å². The van der Waals surface area contributed by atoms with Crippen molar-refractivity contribution in [3.8, 4) is 5.75 Å². The van der Waals surface area contributed by atoms with Crippen molar-refractivity contribution in [2.45, 2.75) is 25.7 Å². The number of aromatic nitrogens is 2. The van der Waals surface area contributed by atoms with E-state index in [1.54, 1.807) is 29.4 Å². The number of carbonyl (C=O) groups is 2. The monoisotopic (exact) mass is 477 g/mol. The Morgan fingerprint density at radius 1 is 1.03 bits per heavy atom. The molecule has 2 aromatic heterocycles. The molecule has 9 heteroatoms. The van der Waals surface area contributed by atoms with E-state index in [0.29, 0.717) is 18.8 Å². The van der Waals surface area contributed by atoms with Crippen LogP contribution >= 0.6 is 0 Å². The van der Waals surface area contributed by atoms with Crippen LogP contribution in [-0.2, 0) is 33.8 Å². The first-order chi connectivity index (χ1) is 17.0. The summed E-state index contributed by atoms with van der Waals surface area (Å²) in [5.74, 6) is -0.644. The summed E-state index contributed by atoms with van der Waals surface area (Å²) in [7, 11) is 2.78. The van der Waals surface area contributed by atoms with Gasteiger partial charge in [-0.2, -0.15) is 0 Å². The molecule has 3 aromatic rings. The highest BCUT2D eigenvalue weighted by molar-refractivity contribution is 5.93. The Balaban J connectivity index is 1.62. The Labute approximate surface area is 202 Å². The predicted octanol–water partition coefficient (Wildman–Crippen LogP) is 2.38. The van der Waals surface area contributed by atoms with Crippen molar-refractivity contribution in [2.24, 2.45) is 0 Å². The minimum atomic E-state index is -0.756. The standard InChI is InChI=1S/C26H27N3O6/c1-33-24(19-6-4-3-5-7-19)25(31)28-13-10-20-23(26(32)34-2)21(16-22(30)29(20)15-14-28)35-17-18-8-11-27-12-9-18/h3-9,11-12,16,24H,10,13-15,17H2,1-2H3/t24-/m1/s1. The molecule has 35 heavy (non-hydrogen) atoms. The highest BCUT2D eigenvalue weighted by atomic mass is 16.5. The van der Waals surface area contributed by atoms with Gasteiger partial charge in [-0.1, -0.05) is 30.3 Å². The molecular formula is C26H27N3O6. The van der Waals surface area contributed by atoms with Gasteiger partial charge in [0.25, 0.3) is 11.5 Å². The zero-order chi connectivity index (χ0) is 24.8. The number of methoxy groups -OCH3 is 2. The Morgan fingerprint density at radius 2 is 1.77 bits per heavy atom. The molecule has 0 N–H and O–H groups in total. The van der Waals surface area contributed by atoms with Gasteiger partial charge in [0.05, 0.1) is 7.11 Å². The topological polar surface area (TPSA) is 100.0 Å². The van der Waals surface area contributed by atoms with Crippen molar-refractivity contribution < 1.29 is 23.8 Å². The van der Waals surface area contributed by atoms with Crippen LogP contribution in [0, 0.1) is 0 Å². The molecule has 182 valence electrons. The number of pyridine rings is 2. The molecule has 1 aliphatic rings. The quantitative estimate of drug-likeness (QED) is 0.482. The summed E-state index contributed by atoms with van der Waals surface area (Å²) < 4.78 is 17.9. The van der Waals surface area contributed by atoms with Gasteiger partial charge >= 0.3 is 5.97 Å². The number of rotatable bonds is 7. The second-order valence-corrected chi connectivity index (χ2v) is 8.06. The van der Waals surface area contributed by atoms with Crippen LogP contribution in [0.1, 0.15) is 33.3 Å². The number of carbonyl (C=O) groups excluding carboxylic acids is 2. The summed E-state index contributed by atoms with van der Waals surface area (Å²) in [6.45, 7) is 1.01. The van der Waals surface area contributed by atoms with E-state index in [-0.39, 0.29) is 42.4 Å².